The van der Waals surface area contributed by atoms with Crippen LogP contribution < -0.4 is 10.2 Å². The molecule has 48 heavy (non-hydrogen) atoms. The van der Waals surface area contributed by atoms with Crippen molar-refractivity contribution in [1.29, 1.82) is 0 Å². The number of nitrogens with zero attached hydrogens (tertiary/aromatic N) is 2. The van der Waals surface area contributed by atoms with Gasteiger partial charge in [0.1, 0.15) is 0 Å². The molecule has 0 saturated heterocycles. The van der Waals surface area contributed by atoms with Crippen molar-refractivity contribution in [3.63, 3.8) is 0 Å². The van der Waals surface area contributed by atoms with E-state index >= 15 is 0 Å². The molecule has 0 radical (unpaired) electrons. The molecule has 1 aliphatic carbocycles. The molecule has 0 fully saturated rings. The average Bonchev–Trinajstić information content (AvgIpc) is 3.19. The van der Waals surface area contributed by atoms with Gasteiger partial charge < -0.3 is 10.2 Å². The zero-order chi connectivity index (χ0) is 35.9. The van der Waals surface area contributed by atoms with Gasteiger partial charge in [0.05, 0.1) is 23.3 Å². The molecule has 0 spiro atoms. The van der Waals surface area contributed by atoms with Crippen molar-refractivity contribution in [2.24, 2.45) is 5.41 Å². The van der Waals surface area contributed by atoms with Crippen molar-refractivity contribution in [2.45, 2.75) is 76.5 Å². The summed E-state index contributed by atoms with van der Waals surface area (Å²) in [5.74, 6) is -2.18. The zero-order valence-corrected chi connectivity index (χ0v) is 30.4. The molecule has 3 rings (SSSR count). The first kappa shape index (κ1) is 39.7. The first-order valence-electron chi connectivity index (χ1n) is 15.7. The lowest BCUT2D eigenvalue weighted by atomic mass is 9.72. The second-order valence-corrected chi connectivity index (χ2v) is 17.4. The normalized spacial score (nSPS) is 21.0. The van der Waals surface area contributed by atoms with E-state index in [0.717, 1.165) is 39.4 Å². The van der Waals surface area contributed by atoms with Crippen LogP contribution in [0.4, 0.5) is 10.2 Å². The van der Waals surface area contributed by atoms with Crippen molar-refractivity contribution < 1.29 is 45.0 Å². The fourth-order valence-corrected chi connectivity index (χ4v) is 7.87. The minimum atomic E-state index is -4.21. The maximum atomic E-state index is 13.2. The summed E-state index contributed by atoms with van der Waals surface area (Å²) in [6.45, 7) is 8.62. The van der Waals surface area contributed by atoms with Gasteiger partial charge in [-0.05, 0) is 86.5 Å². The van der Waals surface area contributed by atoms with E-state index in [-0.39, 0.29) is 25.3 Å². The van der Waals surface area contributed by atoms with E-state index in [4.69, 9.17) is 4.55 Å². The third kappa shape index (κ3) is 11.1. The van der Waals surface area contributed by atoms with Gasteiger partial charge in [0, 0.05) is 45.9 Å². The molecule has 1 aromatic carbocycles. The Balaban J connectivity index is 1.93. The molecule has 1 heterocycles. The Morgan fingerprint density at radius 1 is 1.08 bits per heavy atom. The van der Waals surface area contributed by atoms with Gasteiger partial charge in [0.15, 0.2) is 0 Å². The first-order valence-corrected chi connectivity index (χ1v) is 19.7. The fraction of sp³-hybridized carbons (Fsp3) is 0.562. The largest absolute Gasteiger partial charge is 0.354 e. The van der Waals surface area contributed by atoms with Crippen molar-refractivity contribution in [2.75, 3.05) is 43.1 Å². The van der Waals surface area contributed by atoms with Gasteiger partial charge in [-0.1, -0.05) is 45.4 Å². The number of amides is 1. The number of fused-ring (bicyclic) bond motifs is 1. The van der Waals surface area contributed by atoms with Gasteiger partial charge in [0.2, 0.25) is 5.91 Å². The number of hydrogen-bond donors (Lipinski definition) is 3. The van der Waals surface area contributed by atoms with Crippen LogP contribution in [0.2, 0.25) is 0 Å². The molecule has 1 aliphatic heterocycles. The maximum Gasteiger partial charge on any atom is 0.348 e. The molecule has 268 valence electrons. The van der Waals surface area contributed by atoms with E-state index in [0.29, 0.717) is 32.4 Å². The zero-order valence-electron chi connectivity index (χ0n) is 28.0. The predicted molar refractivity (Wildman–Crippen MR) is 184 cm³/mol. The second-order valence-electron chi connectivity index (χ2n) is 13.0. The molecule has 1 atom stereocenters. The van der Waals surface area contributed by atoms with Crippen LogP contribution >= 0.6 is 11.9 Å². The lowest BCUT2D eigenvalue weighted by Crippen LogP contribution is -2.42. The number of benzene rings is 1. The van der Waals surface area contributed by atoms with Gasteiger partial charge in [-0.25, -0.2) is 9.10 Å². The molecule has 16 heteroatoms. The summed E-state index contributed by atoms with van der Waals surface area (Å²) in [6.07, 6.45) is 8.20. The molecule has 1 amide bonds. The van der Waals surface area contributed by atoms with Gasteiger partial charge in [-0.15, -0.1) is 0 Å². The first-order chi connectivity index (χ1) is 22.3. The van der Waals surface area contributed by atoms with E-state index < -0.39 is 48.5 Å². The molecular weight excluding hydrogens is 686 g/mol. The van der Waals surface area contributed by atoms with E-state index in [1.807, 2.05) is 54.4 Å². The molecule has 2 aliphatic rings. The number of carbonyl (C=O) groups is 2. The van der Waals surface area contributed by atoms with Crippen LogP contribution in [0.25, 0.3) is 0 Å². The van der Waals surface area contributed by atoms with Gasteiger partial charge >= 0.3 is 5.97 Å². The molecule has 0 aromatic heterocycles. The number of halogens is 1. The smallest absolute Gasteiger partial charge is 0.348 e. The Bertz CT molecular complexity index is 1670. The third-order valence-electron chi connectivity index (χ3n) is 8.55. The van der Waals surface area contributed by atoms with E-state index in [1.165, 1.54) is 11.9 Å². The lowest BCUT2D eigenvalue weighted by molar-refractivity contribution is -0.183. The van der Waals surface area contributed by atoms with Crippen molar-refractivity contribution in [1.82, 2.24) is 9.62 Å². The SMILES string of the molecule is CCC1=C/C(=C/C=C2/N(CCCS(=O)(=O)O)c3ccc(SN(C)CCCC(=O)OF)cc3C2(C)C)CC(C)(C(=O)NCCS(=O)(=O)O)C1. The van der Waals surface area contributed by atoms with E-state index in [9.17, 15) is 35.5 Å². The van der Waals surface area contributed by atoms with Crippen molar-refractivity contribution in [3.05, 3.63) is 58.8 Å². The highest BCUT2D eigenvalue weighted by molar-refractivity contribution is 7.97. The maximum absolute atomic E-state index is 13.2. The quantitative estimate of drug-likeness (QED) is 0.151. The van der Waals surface area contributed by atoms with Crippen LogP contribution in [0.15, 0.2) is 58.2 Å². The Labute approximate surface area is 287 Å². The molecule has 0 saturated carbocycles. The third-order valence-corrected chi connectivity index (χ3v) is 11.0. The van der Waals surface area contributed by atoms with Gasteiger partial charge in [-0.2, -0.15) is 16.8 Å². The Hall–Kier alpha value is -2.76. The van der Waals surface area contributed by atoms with Crippen molar-refractivity contribution >= 4 is 49.7 Å². The van der Waals surface area contributed by atoms with E-state index in [1.54, 1.807) is 0 Å². The summed E-state index contributed by atoms with van der Waals surface area (Å²) < 4.78 is 77.8. The Kier molecular flexibility index (Phi) is 13.5. The second kappa shape index (κ2) is 16.3. The van der Waals surface area contributed by atoms with Crippen LogP contribution in [0.1, 0.15) is 71.8 Å². The number of nitrogens with one attached hydrogen (secondary N) is 1. The van der Waals surface area contributed by atoms with Crippen LogP contribution in [-0.2, 0) is 40.2 Å². The summed E-state index contributed by atoms with van der Waals surface area (Å²) in [5, 5.41) is 2.65. The summed E-state index contributed by atoms with van der Waals surface area (Å²) in [7, 11) is -6.50. The monoisotopic (exact) mass is 731 g/mol. The highest BCUT2D eigenvalue weighted by atomic mass is 32.2. The van der Waals surface area contributed by atoms with Crippen LogP contribution in [-0.4, -0.2) is 80.3 Å². The molecule has 1 aromatic rings. The van der Waals surface area contributed by atoms with Crippen LogP contribution in [0.5, 0.6) is 0 Å². The van der Waals surface area contributed by atoms with Gasteiger partial charge in [-0.3, -0.25) is 18.8 Å². The van der Waals surface area contributed by atoms with Gasteiger partial charge in [0.25, 0.3) is 20.2 Å². The minimum absolute atomic E-state index is 0.0341. The number of hydrogen-bond acceptors (Lipinski definition) is 10. The van der Waals surface area contributed by atoms with E-state index in [2.05, 4.69) is 36.2 Å². The number of allylic oxidation sites excluding steroid dienone is 6. The molecule has 0 bridgehead atoms. The molecule has 1 unspecified atom stereocenters. The minimum Gasteiger partial charge on any atom is -0.354 e. The van der Waals surface area contributed by atoms with Crippen molar-refractivity contribution in [3.8, 4) is 0 Å². The number of carbonyl (C=O) groups excluding carboxylic acids is 2. The topological polar surface area (TPSA) is 171 Å². The standard InChI is InChI=1S/C32H46FN3O9S3/c1-6-23-19-24(22-32(4,21-23)30(38)34-14-18-48(42,43)44)10-13-28-31(2,3)26-20-25(46-35(5)15-7-9-29(37)45-33)11-12-27(26)36(28)16-8-17-47(39,40)41/h10-13,19-20H,6-9,14-18,21-22H2,1-5H3,(H,34,38)(H,39,40,41)(H,42,43,44)/b24-10-,28-13+. The Morgan fingerprint density at radius 3 is 2.40 bits per heavy atom. The summed E-state index contributed by atoms with van der Waals surface area (Å²) in [4.78, 5) is 30.6. The summed E-state index contributed by atoms with van der Waals surface area (Å²) in [5.41, 5.74) is 3.41. The molecular formula is C32H46FN3O9S3. The molecule has 3 N–H and O–H groups in total. The van der Waals surface area contributed by atoms with Crippen LogP contribution in [0.3, 0.4) is 0 Å². The summed E-state index contributed by atoms with van der Waals surface area (Å²) in [6, 6.07) is 5.99. The number of rotatable bonds is 16. The summed E-state index contributed by atoms with van der Waals surface area (Å²) >= 11 is 1.47. The fourth-order valence-electron chi connectivity index (χ4n) is 6.13. The number of anilines is 1. The van der Waals surface area contributed by atoms with Crippen LogP contribution in [0, 0.1) is 5.41 Å². The lowest BCUT2D eigenvalue weighted by Gasteiger charge is -2.34. The Morgan fingerprint density at radius 2 is 1.77 bits per heavy atom. The average molecular weight is 732 g/mol. The highest BCUT2D eigenvalue weighted by Crippen LogP contribution is 2.49. The highest BCUT2D eigenvalue weighted by Gasteiger charge is 2.41. The predicted octanol–water partition coefficient (Wildman–Crippen LogP) is 5.16. The molecule has 12 nitrogen and oxygen atoms in total.